The van der Waals surface area contributed by atoms with Crippen molar-refractivity contribution in [2.75, 3.05) is 7.05 Å². The molecule has 8 aromatic carbocycles. The molecule has 0 saturated heterocycles. The van der Waals surface area contributed by atoms with E-state index in [2.05, 4.69) is 261 Å². The van der Waals surface area contributed by atoms with Gasteiger partial charge in [0.05, 0.1) is 6.17 Å². The van der Waals surface area contributed by atoms with Gasteiger partial charge in [-0.25, -0.2) is 0 Å². The molecule has 1 aliphatic rings. The summed E-state index contributed by atoms with van der Waals surface area (Å²) in [6, 6.07) is 79.3. The number of fused-ring (bicyclic) bond motifs is 3. The van der Waals surface area contributed by atoms with Crippen LogP contribution in [0.15, 0.2) is 238 Å². The zero-order valence-corrected chi connectivity index (χ0v) is 39.1. The van der Waals surface area contributed by atoms with E-state index in [1.54, 1.807) is 0 Å². The number of benzene rings is 8. The van der Waals surface area contributed by atoms with E-state index in [1.165, 1.54) is 58.5 Å². The lowest BCUT2D eigenvalue weighted by Gasteiger charge is -2.39. The summed E-state index contributed by atoms with van der Waals surface area (Å²) in [6.07, 6.45) is 1.12. The molecule has 0 fully saturated rings. The molecule has 1 heterocycles. The Hall–Kier alpha value is -6.71. The molecule has 2 atom stereocenters. The molecule has 0 amide bonds. The van der Waals surface area contributed by atoms with E-state index in [4.69, 9.17) is 16.6 Å². The molecule has 6 N–H and O–H groups in total. The van der Waals surface area contributed by atoms with Crippen LogP contribution in [-0.4, -0.2) is 25.4 Å². The largest absolute Gasteiger partial charge is 0.326 e. The number of nitrogens with one attached hydrogen (secondary N) is 4. The molecular formula is C59H64N6S. The number of nitrogens with two attached hydrogens (primary N) is 1. The predicted octanol–water partition coefficient (Wildman–Crippen LogP) is 13.8. The van der Waals surface area contributed by atoms with Crippen molar-refractivity contribution in [1.29, 1.82) is 10.8 Å². The Bertz CT molecular complexity index is 2590. The highest BCUT2D eigenvalue weighted by Crippen LogP contribution is 2.80. The zero-order chi connectivity index (χ0) is 46.6. The lowest BCUT2D eigenvalue weighted by molar-refractivity contribution is 0.196. The summed E-state index contributed by atoms with van der Waals surface area (Å²) in [5, 5.41) is 18.5. The van der Waals surface area contributed by atoms with Crippen molar-refractivity contribution in [2.45, 2.75) is 71.3 Å². The quantitative estimate of drug-likeness (QED) is 0.0523. The van der Waals surface area contributed by atoms with E-state index in [0.717, 1.165) is 31.6 Å². The molecule has 336 valence electrons. The summed E-state index contributed by atoms with van der Waals surface area (Å²) in [6.45, 7) is 10.3. The summed E-state index contributed by atoms with van der Waals surface area (Å²) in [5.41, 5.74) is 16.5. The van der Waals surface area contributed by atoms with Crippen LogP contribution in [0, 0.1) is 10.8 Å². The first-order valence-electron chi connectivity index (χ1n) is 22.5. The summed E-state index contributed by atoms with van der Waals surface area (Å²) in [7, 11) is 0.512. The zero-order valence-electron chi connectivity index (χ0n) is 38.3. The molecule has 0 aromatic heterocycles. The fraction of sp³-hybridized carbons (Fsp3) is 0.153. The van der Waals surface area contributed by atoms with Gasteiger partial charge in [-0.2, -0.15) is 0 Å². The third kappa shape index (κ3) is 11.6. The van der Waals surface area contributed by atoms with Gasteiger partial charge in [-0.05, 0) is 120 Å². The van der Waals surface area contributed by atoms with Gasteiger partial charge in [-0.1, -0.05) is 177 Å². The van der Waals surface area contributed by atoms with E-state index < -0.39 is 10.0 Å². The van der Waals surface area contributed by atoms with E-state index in [0.29, 0.717) is 12.6 Å². The molecule has 0 radical (unpaired) electrons. The molecule has 7 heteroatoms. The maximum Gasteiger partial charge on any atom is 0.0864 e. The Kier molecular flexibility index (Phi) is 18.5. The van der Waals surface area contributed by atoms with Crippen LogP contribution in [0.5, 0.6) is 0 Å². The van der Waals surface area contributed by atoms with E-state index in [1.807, 2.05) is 0 Å². The minimum Gasteiger partial charge on any atom is -0.326 e. The maximum atomic E-state index is 6.23. The highest BCUT2D eigenvalue weighted by atomic mass is 32.3. The summed E-state index contributed by atoms with van der Waals surface area (Å²) in [4.78, 5) is 7.89. The van der Waals surface area contributed by atoms with E-state index in [9.17, 15) is 0 Å². The number of rotatable bonds is 15. The van der Waals surface area contributed by atoms with Crippen LogP contribution < -0.4 is 16.4 Å². The molecule has 0 spiro atoms. The van der Waals surface area contributed by atoms with Crippen molar-refractivity contribution in [3.63, 3.8) is 0 Å². The normalized spacial score (nSPS) is 13.2. The summed E-state index contributed by atoms with van der Waals surface area (Å²) < 4.78 is 0. The van der Waals surface area contributed by atoms with Gasteiger partial charge in [0.15, 0.2) is 0 Å². The van der Waals surface area contributed by atoms with Gasteiger partial charge in [-0.15, -0.1) is 10.0 Å². The molecule has 6 nitrogen and oxygen atoms in total. The second-order valence-electron chi connectivity index (χ2n) is 15.9. The first kappa shape index (κ1) is 48.7. The molecule has 0 saturated carbocycles. The fourth-order valence-corrected chi connectivity index (χ4v) is 12.9. The first-order valence-corrected chi connectivity index (χ1v) is 24.2. The van der Waals surface area contributed by atoms with Gasteiger partial charge in [0, 0.05) is 51.8 Å². The first-order chi connectivity index (χ1) is 32.6. The van der Waals surface area contributed by atoms with Crippen LogP contribution >= 0.6 is 10.0 Å². The molecule has 66 heavy (non-hydrogen) atoms. The van der Waals surface area contributed by atoms with Gasteiger partial charge < -0.3 is 21.9 Å². The SMILES string of the molecule is C=N.C=N.CCC(NCc1ccccc1)c1ccccc1.CN(Cc1ccccc1)C(NCc1ccccc1)c1ccc2c(c1)-c1cc(CN)ccc1S2(c1ccccc1)c1ccccc1. The Morgan fingerprint density at radius 1 is 0.485 bits per heavy atom. The lowest BCUT2D eigenvalue weighted by Crippen LogP contribution is -2.35. The number of hydrogen-bond donors (Lipinski definition) is 5. The van der Waals surface area contributed by atoms with Crippen molar-refractivity contribution in [3.8, 4) is 11.1 Å². The van der Waals surface area contributed by atoms with Gasteiger partial charge in [0.1, 0.15) is 0 Å². The Labute approximate surface area is 394 Å². The van der Waals surface area contributed by atoms with Crippen LogP contribution in [0.1, 0.15) is 58.9 Å². The predicted molar refractivity (Wildman–Crippen MR) is 280 cm³/mol. The minimum absolute atomic E-state index is 0.00954. The van der Waals surface area contributed by atoms with Crippen molar-refractivity contribution >= 4 is 23.5 Å². The maximum absolute atomic E-state index is 6.23. The van der Waals surface area contributed by atoms with Crippen molar-refractivity contribution < 1.29 is 0 Å². The molecule has 8 aromatic rings. The van der Waals surface area contributed by atoms with Gasteiger partial charge in [-0.3, -0.25) is 10.2 Å². The van der Waals surface area contributed by atoms with Crippen molar-refractivity contribution in [3.05, 3.63) is 252 Å². The molecule has 2 unspecified atom stereocenters. The molecule has 1 aliphatic heterocycles. The average Bonchev–Trinajstić information content (AvgIpc) is 3.69. The standard InChI is InChI=1S/C41H39N3S.C16H19N.2CH3N/c1-44(30-32-16-8-3-9-17-32)41(43-29-31-14-6-2-7-15-31)34-23-25-40-38(27-34)37-26-33(28-42)22-24-39(37)45(40,35-18-10-4-11-19-35)36-20-12-5-13-21-36;1-2-16(15-11-7-4-8-12-15)17-13-14-9-5-3-6-10-14;2*1-2/h2-27,41,43H,28-30,42H2,1H3;3-12,16-17H,2,13H2,1H3;2*2H,1H2. The second-order valence-corrected chi connectivity index (χ2v) is 19.0. The molecule has 0 bridgehead atoms. The van der Waals surface area contributed by atoms with Crippen LogP contribution in [0.25, 0.3) is 11.1 Å². The lowest BCUT2D eigenvalue weighted by atomic mass is 9.99. The van der Waals surface area contributed by atoms with Gasteiger partial charge in [0.25, 0.3) is 0 Å². The topological polar surface area (TPSA) is 101 Å². The van der Waals surface area contributed by atoms with Crippen molar-refractivity contribution in [1.82, 2.24) is 15.5 Å². The highest BCUT2D eigenvalue weighted by molar-refractivity contribution is 8.34. The third-order valence-electron chi connectivity index (χ3n) is 11.8. The Morgan fingerprint density at radius 2 is 0.909 bits per heavy atom. The minimum atomic E-state index is -1.70. The fourth-order valence-electron chi connectivity index (χ4n) is 8.71. The van der Waals surface area contributed by atoms with Crippen molar-refractivity contribution in [2.24, 2.45) is 5.73 Å². The summed E-state index contributed by atoms with van der Waals surface area (Å²) in [5.74, 6) is 0. The van der Waals surface area contributed by atoms with E-state index in [-0.39, 0.29) is 6.17 Å². The van der Waals surface area contributed by atoms with Crippen LogP contribution in [-0.2, 0) is 26.2 Å². The van der Waals surface area contributed by atoms with Gasteiger partial charge in [0.2, 0.25) is 0 Å². The van der Waals surface area contributed by atoms with Crippen LogP contribution in [0.4, 0.5) is 0 Å². The van der Waals surface area contributed by atoms with Crippen LogP contribution in [0.2, 0.25) is 0 Å². The summed E-state index contributed by atoms with van der Waals surface area (Å²) >= 11 is 0. The third-order valence-corrected chi connectivity index (χ3v) is 15.8. The number of hydrogen-bond acceptors (Lipinski definition) is 6. The van der Waals surface area contributed by atoms with Gasteiger partial charge >= 0.3 is 0 Å². The smallest absolute Gasteiger partial charge is 0.0864 e. The molecule has 0 aliphatic carbocycles. The second kappa shape index (κ2) is 25.1. The molecule has 9 rings (SSSR count). The monoisotopic (exact) mass is 888 g/mol. The molecular weight excluding hydrogens is 825 g/mol. The highest BCUT2D eigenvalue weighted by Gasteiger charge is 2.42. The average molecular weight is 889 g/mol. The Morgan fingerprint density at radius 3 is 1.39 bits per heavy atom. The van der Waals surface area contributed by atoms with E-state index >= 15 is 0 Å². The van der Waals surface area contributed by atoms with Crippen LogP contribution in [0.3, 0.4) is 0 Å². The number of nitrogens with zero attached hydrogens (tertiary/aromatic N) is 1. The Balaban J connectivity index is 0.000000287.